The number of aryl methyl sites for hydroxylation is 2. The SMILES string of the molecule is Cc1ccc(NC(=O)C2(c3ccc4c(c3)OCO4)CC2)cc1-c1ccc(S(=O)(=O)N(C)C)c(C)c1. The van der Waals surface area contributed by atoms with E-state index < -0.39 is 15.4 Å². The van der Waals surface area contributed by atoms with Crippen LogP contribution in [0.4, 0.5) is 5.69 Å². The maximum absolute atomic E-state index is 13.3. The van der Waals surface area contributed by atoms with Crippen LogP contribution in [0, 0.1) is 13.8 Å². The molecule has 1 N–H and O–H groups in total. The normalized spacial score (nSPS) is 15.8. The van der Waals surface area contributed by atoms with Gasteiger partial charge in [-0.15, -0.1) is 0 Å². The average Bonchev–Trinajstić information content (AvgIpc) is 3.50. The molecule has 1 saturated carbocycles. The van der Waals surface area contributed by atoms with E-state index in [-0.39, 0.29) is 17.6 Å². The highest BCUT2D eigenvalue weighted by Crippen LogP contribution is 2.51. The number of nitrogens with one attached hydrogen (secondary N) is 1. The van der Waals surface area contributed by atoms with Crippen LogP contribution in [0.15, 0.2) is 59.5 Å². The molecule has 7 nitrogen and oxygen atoms in total. The molecule has 1 heterocycles. The van der Waals surface area contributed by atoms with Gasteiger partial charge in [0.05, 0.1) is 10.3 Å². The highest BCUT2D eigenvalue weighted by molar-refractivity contribution is 7.89. The van der Waals surface area contributed by atoms with E-state index in [0.717, 1.165) is 35.1 Å². The van der Waals surface area contributed by atoms with E-state index in [4.69, 9.17) is 9.47 Å². The Kier molecular flexibility index (Phi) is 5.61. The minimum absolute atomic E-state index is 0.0465. The van der Waals surface area contributed by atoms with Crippen molar-refractivity contribution < 1.29 is 22.7 Å². The maximum atomic E-state index is 13.3. The van der Waals surface area contributed by atoms with Crippen molar-refractivity contribution >= 4 is 21.6 Å². The van der Waals surface area contributed by atoms with Gasteiger partial charge >= 0.3 is 0 Å². The number of ether oxygens (including phenoxy) is 2. The minimum atomic E-state index is -3.52. The lowest BCUT2D eigenvalue weighted by molar-refractivity contribution is -0.118. The number of rotatable bonds is 6. The third kappa shape index (κ3) is 4.06. The van der Waals surface area contributed by atoms with Crippen LogP contribution in [0.5, 0.6) is 11.5 Å². The summed E-state index contributed by atoms with van der Waals surface area (Å²) in [5, 5.41) is 3.10. The van der Waals surface area contributed by atoms with Crippen molar-refractivity contribution in [3.05, 3.63) is 71.3 Å². The summed E-state index contributed by atoms with van der Waals surface area (Å²) in [6.07, 6.45) is 1.55. The smallest absolute Gasteiger partial charge is 0.242 e. The zero-order valence-corrected chi connectivity index (χ0v) is 21.0. The first-order chi connectivity index (χ1) is 16.6. The maximum Gasteiger partial charge on any atom is 0.242 e. The lowest BCUT2D eigenvalue weighted by Crippen LogP contribution is -2.27. The summed E-state index contributed by atoms with van der Waals surface area (Å²) < 4.78 is 37.3. The van der Waals surface area contributed by atoms with Gasteiger partial charge in [-0.2, -0.15) is 0 Å². The van der Waals surface area contributed by atoms with Crippen molar-refractivity contribution in [3.63, 3.8) is 0 Å². The number of nitrogens with zero attached hydrogens (tertiary/aromatic N) is 1. The number of carbonyl (C=O) groups excluding carboxylic acids is 1. The van der Waals surface area contributed by atoms with Crippen LogP contribution in [0.25, 0.3) is 11.1 Å². The molecule has 0 radical (unpaired) electrons. The van der Waals surface area contributed by atoms with Gasteiger partial charge in [0, 0.05) is 19.8 Å². The van der Waals surface area contributed by atoms with Gasteiger partial charge in [-0.25, -0.2) is 12.7 Å². The zero-order chi connectivity index (χ0) is 25.0. The third-order valence-corrected chi connectivity index (χ3v) is 8.83. The van der Waals surface area contributed by atoms with Gasteiger partial charge in [0.15, 0.2) is 11.5 Å². The molecule has 0 bridgehead atoms. The Hall–Kier alpha value is -3.36. The molecule has 0 spiro atoms. The fourth-order valence-electron chi connectivity index (χ4n) is 4.53. The highest BCUT2D eigenvalue weighted by Gasteiger charge is 2.51. The quantitative estimate of drug-likeness (QED) is 0.543. The number of hydrogen-bond donors (Lipinski definition) is 1. The second-order valence-corrected chi connectivity index (χ2v) is 11.5. The lowest BCUT2D eigenvalue weighted by atomic mass is 9.94. The van der Waals surface area contributed by atoms with Crippen LogP contribution in [-0.4, -0.2) is 39.5 Å². The molecule has 2 aliphatic rings. The second kappa shape index (κ2) is 8.39. The Bertz CT molecular complexity index is 1440. The monoisotopic (exact) mass is 492 g/mol. The Morgan fingerprint density at radius 2 is 1.66 bits per heavy atom. The van der Waals surface area contributed by atoms with Gasteiger partial charge in [-0.05, 0) is 84.8 Å². The molecule has 35 heavy (non-hydrogen) atoms. The van der Waals surface area contributed by atoms with Crippen molar-refractivity contribution in [2.24, 2.45) is 0 Å². The van der Waals surface area contributed by atoms with E-state index in [0.29, 0.717) is 22.7 Å². The lowest BCUT2D eigenvalue weighted by Gasteiger charge is -2.18. The minimum Gasteiger partial charge on any atom is -0.454 e. The largest absolute Gasteiger partial charge is 0.454 e. The molecular formula is C27H28N2O5S. The molecule has 1 fully saturated rings. The first-order valence-corrected chi connectivity index (χ1v) is 12.9. The molecule has 5 rings (SSSR count). The van der Waals surface area contributed by atoms with Gasteiger partial charge in [-0.1, -0.05) is 24.3 Å². The summed E-state index contributed by atoms with van der Waals surface area (Å²) in [4.78, 5) is 13.6. The van der Waals surface area contributed by atoms with Crippen molar-refractivity contribution in [3.8, 4) is 22.6 Å². The van der Waals surface area contributed by atoms with Crippen LogP contribution in [0.3, 0.4) is 0 Å². The molecular weight excluding hydrogens is 464 g/mol. The molecule has 0 saturated heterocycles. The first-order valence-electron chi connectivity index (χ1n) is 11.5. The van der Waals surface area contributed by atoms with Gasteiger partial charge in [-0.3, -0.25) is 4.79 Å². The molecule has 0 aromatic heterocycles. The summed E-state index contributed by atoms with van der Waals surface area (Å²) in [6, 6.07) is 16.8. The number of benzene rings is 3. The molecule has 8 heteroatoms. The number of fused-ring (bicyclic) bond motifs is 1. The Labute approximate surface area is 205 Å². The van der Waals surface area contributed by atoms with Gasteiger partial charge < -0.3 is 14.8 Å². The molecule has 182 valence electrons. The van der Waals surface area contributed by atoms with E-state index >= 15 is 0 Å². The van der Waals surface area contributed by atoms with Crippen LogP contribution in [0.2, 0.25) is 0 Å². The molecule has 0 atom stereocenters. The third-order valence-electron chi connectivity index (χ3n) is 6.85. The van der Waals surface area contributed by atoms with Crippen LogP contribution in [-0.2, 0) is 20.2 Å². The number of carbonyl (C=O) groups is 1. The summed E-state index contributed by atoms with van der Waals surface area (Å²) in [5.41, 5.74) is 4.60. The van der Waals surface area contributed by atoms with Gasteiger partial charge in [0.2, 0.25) is 22.7 Å². The van der Waals surface area contributed by atoms with Crippen LogP contribution in [0.1, 0.15) is 29.5 Å². The van der Waals surface area contributed by atoms with Crippen molar-refractivity contribution in [1.29, 1.82) is 0 Å². The molecule has 0 unspecified atom stereocenters. The fraction of sp³-hybridized carbons (Fsp3) is 0.296. The molecule has 3 aromatic carbocycles. The van der Waals surface area contributed by atoms with E-state index in [2.05, 4.69) is 5.32 Å². The van der Waals surface area contributed by atoms with Crippen LogP contribution < -0.4 is 14.8 Å². The van der Waals surface area contributed by atoms with E-state index in [9.17, 15) is 13.2 Å². The summed E-state index contributed by atoms with van der Waals surface area (Å²) >= 11 is 0. The average molecular weight is 493 g/mol. The van der Waals surface area contributed by atoms with Crippen molar-refractivity contribution in [1.82, 2.24) is 4.31 Å². The van der Waals surface area contributed by atoms with E-state index in [1.54, 1.807) is 13.0 Å². The number of anilines is 1. The van der Waals surface area contributed by atoms with Crippen molar-refractivity contribution in [2.75, 3.05) is 26.2 Å². The predicted octanol–water partition coefficient (Wildman–Crippen LogP) is 4.62. The molecule has 1 aliphatic heterocycles. The zero-order valence-electron chi connectivity index (χ0n) is 20.2. The summed E-state index contributed by atoms with van der Waals surface area (Å²) in [7, 11) is -0.475. The topological polar surface area (TPSA) is 84.9 Å². The van der Waals surface area contributed by atoms with Gasteiger partial charge in [0.25, 0.3) is 0 Å². The molecule has 1 amide bonds. The standard InChI is InChI=1S/C27H28N2O5S/c1-17-5-8-21(15-22(17)19-6-10-25(18(2)13-19)35(31,32)29(3)4)28-26(30)27(11-12-27)20-7-9-23-24(14-20)34-16-33-23/h5-10,13-15H,11-12,16H2,1-4H3,(H,28,30). The molecule has 1 aliphatic carbocycles. The van der Waals surface area contributed by atoms with E-state index in [1.165, 1.54) is 18.4 Å². The highest BCUT2D eigenvalue weighted by atomic mass is 32.2. The Morgan fingerprint density at radius 3 is 2.34 bits per heavy atom. The number of hydrogen-bond acceptors (Lipinski definition) is 5. The predicted molar refractivity (Wildman–Crippen MR) is 134 cm³/mol. The van der Waals surface area contributed by atoms with Crippen molar-refractivity contribution in [2.45, 2.75) is 37.0 Å². The fourth-order valence-corrected chi connectivity index (χ4v) is 5.63. The second-order valence-electron chi connectivity index (χ2n) is 9.40. The summed E-state index contributed by atoms with van der Waals surface area (Å²) in [5.74, 6) is 1.33. The van der Waals surface area contributed by atoms with Crippen LogP contribution >= 0.6 is 0 Å². The van der Waals surface area contributed by atoms with E-state index in [1.807, 2.05) is 55.5 Å². The number of amides is 1. The molecule has 3 aromatic rings. The Morgan fingerprint density at radius 1 is 0.914 bits per heavy atom. The Balaban J connectivity index is 1.41. The summed E-state index contributed by atoms with van der Waals surface area (Å²) in [6.45, 7) is 3.99. The number of sulfonamides is 1. The van der Waals surface area contributed by atoms with Gasteiger partial charge in [0.1, 0.15) is 0 Å². The first kappa shape index (κ1) is 23.4.